The Labute approximate surface area is 218 Å². The molecule has 2 unspecified atom stereocenters. The van der Waals surface area contributed by atoms with Crippen LogP contribution >= 0.6 is 11.6 Å². The maximum absolute atomic E-state index is 12.8. The van der Waals surface area contributed by atoms with Gasteiger partial charge in [-0.1, -0.05) is 64.6 Å². The Morgan fingerprint density at radius 1 is 1.19 bits per heavy atom. The Balaban J connectivity index is 1.40. The van der Waals surface area contributed by atoms with E-state index in [0.29, 0.717) is 34.9 Å². The number of hydrogen-bond donors (Lipinski definition) is 2. The topological polar surface area (TPSA) is 83.0 Å². The number of aliphatic imine (C=N–C) groups is 1. The number of aromatic amines is 1. The fraction of sp³-hybridized carbons (Fsp3) is 0.448. The molecule has 0 bridgehead atoms. The van der Waals surface area contributed by atoms with E-state index < -0.39 is 0 Å². The van der Waals surface area contributed by atoms with Gasteiger partial charge in [-0.05, 0) is 54.9 Å². The van der Waals surface area contributed by atoms with Gasteiger partial charge in [0.05, 0.1) is 27.6 Å². The molecule has 1 aromatic carbocycles. The van der Waals surface area contributed by atoms with Gasteiger partial charge in [-0.15, -0.1) is 0 Å². The Morgan fingerprint density at radius 3 is 2.78 bits per heavy atom. The number of aromatic nitrogens is 3. The third-order valence-electron chi connectivity index (χ3n) is 7.01. The molecule has 0 spiro atoms. The Morgan fingerprint density at radius 2 is 2.03 bits per heavy atom. The average Bonchev–Trinajstić information content (AvgIpc) is 3.29. The van der Waals surface area contributed by atoms with Crippen molar-refractivity contribution in [3.8, 4) is 0 Å². The van der Waals surface area contributed by atoms with E-state index in [1.54, 1.807) is 6.20 Å². The van der Waals surface area contributed by atoms with E-state index in [9.17, 15) is 4.79 Å². The van der Waals surface area contributed by atoms with Crippen molar-refractivity contribution in [3.05, 3.63) is 52.9 Å². The summed E-state index contributed by atoms with van der Waals surface area (Å²) in [6.07, 6.45) is 11.7. The molecule has 0 saturated carbocycles. The van der Waals surface area contributed by atoms with Crippen LogP contribution in [0.1, 0.15) is 82.4 Å². The summed E-state index contributed by atoms with van der Waals surface area (Å²) < 4.78 is 0. The van der Waals surface area contributed by atoms with Crippen molar-refractivity contribution in [1.82, 2.24) is 15.0 Å². The number of nitrogens with zero attached hydrogens (tertiary/aromatic N) is 3. The first-order valence-electron chi connectivity index (χ1n) is 13.0. The average molecular weight is 506 g/mol. The molecule has 2 atom stereocenters. The minimum atomic E-state index is 0.125. The molecule has 2 aromatic heterocycles. The van der Waals surface area contributed by atoms with Crippen LogP contribution in [0, 0.1) is 17.8 Å². The molecule has 3 heterocycles. The van der Waals surface area contributed by atoms with Gasteiger partial charge in [0.25, 0.3) is 0 Å². The van der Waals surface area contributed by atoms with E-state index in [1.807, 2.05) is 30.5 Å². The molecule has 1 aliphatic rings. The van der Waals surface area contributed by atoms with Gasteiger partial charge in [-0.25, -0.2) is 9.97 Å². The second-order valence-corrected chi connectivity index (χ2v) is 10.7. The van der Waals surface area contributed by atoms with Crippen molar-refractivity contribution in [2.75, 3.05) is 5.32 Å². The van der Waals surface area contributed by atoms with Gasteiger partial charge in [0.2, 0.25) is 5.95 Å². The normalized spacial score (nSPS) is 16.4. The molecule has 0 amide bonds. The van der Waals surface area contributed by atoms with Crippen molar-refractivity contribution in [1.29, 1.82) is 0 Å². The van der Waals surface area contributed by atoms with Gasteiger partial charge >= 0.3 is 0 Å². The summed E-state index contributed by atoms with van der Waals surface area (Å²) in [4.78, 5) is 29.5. The van der Waals surface area contributed by atoms with Crippen LogP contribution in [0.25, 0.3) is 16.6 Å². The zero-order valence-corrected chi connectivity index (χ0v) is 22.4. The summed E-state index contributed by atoms with van der Waals surface area (Å²) in [6.45, 7) is 8.98. The Bertz CT molecular complexity index is 1280. The van der Waals surface area contributed by atoms with Crippen LogP contribution < -0.4 is 5.32 Å². The minimum Gasteiger partial charge on any atom is -0.351 e. The first kappa shape index (κ1) is 26.1. The fourth-order valence-electron chi connectivity index (χ4n) is 4.30. The molecule has 0 aliphatic carbocycles. The van der Waals surface area contributed by atoms with Crippen LogP contribution in [0.15, 0.2) is 41.5 Å². The highest BCUT2D eigenvalue weighted by Crippen LogP contribution is 2.30. The summed E-state index contributed by atoms with van der Waals surface area (Å²) >= 11 is 6.56. The van der Waals surface area contributed by atoms with Crippen molar-refractivity contribution < 1.29 is 4.79 Å². The number of nitrogens with one attached hydrogen (secondary N) is 2. The van der Waals surface area contributed by atoms with Crippen LogP contribution in [-0.4, -0.2) is 26.9 Å². The number of anilines is 2. The number of hydrogen-bond acceptors (Lipinski definition) is 5. The quantitative estimate of drug-likeness (QED) is 0.203. The molecule has 1 aliphatic heterocycles. The molecule has 2 N–H and O–H groups in total. The number of fused-ring (bicyclic) bond motifs is 1. The van der Waals surface area contributed by atoms with Gasteiger partial charge in [-0.3, -0.25) is 9.79 Å². The number of halogens is 1. The molecule has 36 heavy (non-hydrogen) atoms. The lowest BCUT2D eigenvalue weighted by Crippen LogP contribution is -2.04. The number of benzene rings is 1. The zero-order chi connectivity index (χ0) is 25.7. The molecule has 0 saturated heterocycles. The summed E-state index contributed by atoms with van der Waals surface area (Å²) in [5.74, 6) is 2.48. The van der Waals surface area contributed by atoms with E-state index in [2.05, 4.69) is 59.0 Å². The largest absolute Gasteiger partial charge is 0.351 e. The predicted molar refractivity (Wildman–Crippen MR) is 150 cm³/mol. The summed E-state index contributed by atoms with van der Waals surface area (Å²) in [7, 11) is 0. The van der Waals surface area contributed by atoms with E-state index in [1.165, 1.54) is 12.8 Å². The van der Waals surface area contributed by atoms with Crippen molar-refractivity contribution in [2.45, 2.75) is 66.2 Å². The van der Waals surface area contributed by atoms with Crippen LogP contribution in [0.4, 0.5) is 11.6 Å². The molecule has 4 rings (SSSR count). The number of rotatable bonds is 11. The predicted octanol–water partition coefficient (Wildman–Crippen LogP) is 8.23. The van der Waals surface area contributed by atoms with Gasteiger partial charge in [0, 0.05) is 29.9 Å². The fourth-order valence-corrected chi connectivity index (χ4v) is 4.57. The SMILES string of the molecule is CC1C=NC(c2ccnc(Nc3cc(Cl)c4[nH]c(C(=O)CCCCCC(C)C(C)C)cc4c3)n2)=CC1. The molecule has 0 fully saturated rings. The third kappa shape index (κ3) is 6.61. The van der Waals surface area contributed by atoms with Gasteiger partial charge in [-0.2, -0.15) is 0 Å². The lowest BCUT2D eigenvalue weighted by atomic mass is 9.92. The number of carbonyl (C=O) groups is 1. The first-order valence-corrected chi connectivity index (χ1v) is 13.4. The minimum absolute atomic E-state index is 0.125. The van der Waals surface area contributed by atoms with Gasteiger partial charge in [0.15, 0.2) is 5.78 Å². The van der Waals surface area contributed by atoms with Crippen LogP contribution in [0.2, 0.25) is 5.02 Å². The standard InChI is InChI=1S/C29H36ClN5O/c1-18(2)20(4)8-6-5-7-9-27(36)26-15-21-14-22(16-23(30)28(21)34-26)33-29-31-13-12-25(35-29)24-11-10-19(3)17-32-24/h11-20,34H,5-10H2,1-4H3,(H,31,33,35). The number of Topliss-reactive ketones (excluding diaryl/α,β-unsaturated/α-hetero) is 1. The van der Waals surface area contributed by atoms with Crippen LogP contribution in [0.5, 0.6) is 0 Å². The van der Waals surface area contributed by atoms with E-state index in [4.69, 9.17) is 11.6 Å². The smallest absolute Gasteiger partial charge is 0.227 e. The number of unbranched alkanes of at least 4 members (excludes halogenated alkanes) is 2. The second-order valence-electron chi connectivity index (χ2n) is 10.3. The summed E-state index contributed by atoms with van der Waals surface area (Å²) in [5, 5.41) is 4.67. The molecule has 6 nitrogen and oxygen atoms in total. The highest BCUT2D eigenvalue weighted by Gasteiger charge is 2.14. The summed E-state index contributed by atoms with van der Waals surface area (Å²) in [5.41, 5.74) is 3.76. The zero-order valence-electron chi connectivity index (χ0n) is 21.6. The maximum atomic E-state index is 12.8. The second kappa shape index (κ2) is 11.8. The number of carbonyl (C=O) groups excluding carboxylic acids is 1. The molecular weight excluding hydrogens is 470 g/mol. The summed E-state index contributed by atoms with van der Waals surface area (Å²) in [6, 6.07) is 7.52. The van der Waals surface area contributed by atoms with Gasteiger partial charge in [0.1, 0.15) is 0 Å². The Hall–Kier alpha value is -2.99. The van der Waals surface area contributed by atoms with E-state index in [-0.39, 0.29) is 5.78 Å². The lowest BCUT2D eigenvalue weighted by molar-refractivity contribution is 0.0975. The highest BCUT2D eigenvalue weighted by molar-refractivity contribution is 6.35. The van der Waals surface area contributed by atoms with Crippen molar-refractivity contribution in [3.63, 3.8) is 0 Å². The molecule has 190 valence electrons. The van der Waals surface area contributed by atoms with Crippen LogP contribution in [0.3, 0.4) is 0 Å². The van der Waals surface area contributed by atoms with Crippen LogP contribution in [-0.2, 0) is 0 Å². The van der Waals surface area contributed by atoms with E-state index >= 15 is 0 Å². The van der Waals surface area contributed by atoms with Crippen molar-refractivity contribution >= 4 is 51.8 Å². The Kier molecular flexibility index (Phi) is 8.57. The number of ketones is 1. The lowest BCUT2D eigenvalue weighted by Gasteiger charge is -2.14. The molecule has 7 heteroatoms. The first-order chi connectivity index (χ1) is 17.3. The van der Waals surface area contributed by atoms with E-state index in [0.717, 1.165) is 53.2 Å². The number of H-pyrrole nitrogens is 1. The highest BCUT2D eigenvalue weighted by atomic mass is 35.5. The maximum Gasteiger partial charge on any atom is 0.227 e. The molecular formula is C29H36ClN5O. The monoisotopic (exact) mass is 505 g/mol. The molecule has 0 radical (unpaired) electrons. The number of allylic oxidation sites excluding steroid dienone is 1. The van der Waals surface area contributed by atoms with Gasteiger partial charge < -0.3 is 10.3 Å². The third-order valence-corrected chi connectivity index (χ3v) is 7.31. The molecule has 3 aromatic rings. The van der Waals surface area contributed by atoms with Crippen molar-refractivity contribution in [2.24, 2.45) is 22.7 Å².